The van der Waals surface area contributed by atoms with Gasteiger partial charge in [-0.2, -0.15) is 5.10 Å². The molecule has 0 saturated heterocycles. The minimum absolute atomic E-state index is 0.260. The number of aromatic nitrogens is 2. The molecule has 17 heavy (non-hydrogen) atoms. The highest BCUT2D eigenvalue weighted by molar-refractivity contribution is 5.40. The summed E-state index contributed by atoms with van der Waals surface area (Å²) in [5.41, 5.74) is 2.49. The smallest absolute Gasteiger partial charge is 0.267 e. The highest BCUT2D eigenvalue weighted by atomic mass is 16.5. The standard InChI is InChI=1S/C13H12N2O2/c16-13-7-12(8-14-15-13)17-11-5-4-9-2-1-3-10(9)6-11/h4-8H,1-3H2,(H,15,16). The monoisotopic (exact) mass is 228 g/mol. The van der Waals surface area contributed by atoms with Gasteiger partial charge < -0.3 is 4.74 Å². The predicted octanol–water partition coefficient (Wildman–Crippen LogP) is 2.05. The van der Waals surface area contributed by atoms with Gasteiger partial charge in [0.25, 0.3) is 5.56 Å². The summed E-state index contributed by atoms with van der Waals surface area (Å²) in [6.07, 6.45) is 4.97. The Morgan fingerprint density at radius 1 is 1.12 bits per heavy atom. The Kier molecular flexibility index (Phi) is 2.40. The minimum Gasteiger partial charge on any atom is -0.455 e. The van der Waals surface area contributed by atoms with Crippen LogP contribution < -0.4 is 10.3 Å². The van der Waals surface area contributed by atoms with E-state index in [2.05, 4.69) is 16.3 Å². The third kappa shape index (κ3) is 2.06. The number of rotatable bonds is 2. The van der Waals surface area contributed by atoms with Crippen LogP contribution in [0.1, 0.15) is 17.5 Å². The Labute approximate surface area is 98.3 Å². The van der Waals surface area contributed by atoms with E-state index in [1.165, 1.54) is 29.8 Å². The second-order valence-corrected chi connectivity index (χ2v) is 4.17. The van der Waals surface area contributed by atoms with Gasteiger partial charge in [0.2, 0.25) is 0 Å². The number of hydrogen-bond acceptors (Lipinski definition) is 3. The van der Waals surface area contributed by atoms with Crippen LogP contribution >= 0.6 is 0 Å². The molecule has 0 amide bonds. The number of hydrogen-bond donors (Lipinski definition) is 1. The summed E-state index contributed by atoms with van der Waals surface area (Å²) in [6, 6.07) is 7.47. The van der Waals surface area contributed by atoms with Gasteiger partial charge in [-0.15, -0.1) is 0 Å². The summed E-state index contributed by atoms with van der Waals surface area (Å²) in [5.74, 6) is 1.23. The predicted molar refractivity (Wildman–Crippen MR) is 63.4 cm³/mol. The molecule has 0 aliphatic heterocycles. The molecule has 4 heteroatoms. The van der Waals surface area contributed by atoms with Crippen LogP contribution in [0.15, 0.2) is 35.3 Å². The summed E-state index contributed by atoms with van der Waals surface area (Å²) in [6.45, 7) is 0. The fraction of sp³-hybridized carbons (Fsp3) is 0.231. The summed E-state index contributed by atoms with van der Waals surface area (Å²) < 4.78 is 5.60. The van der Waals surface area contributed by atoms with Crippen molar-refractivity contribution in [1.29, 1.82) is 0 Å². The molecule has 1 aliphatic carbocycles. The first-order chi connectivity index (χ1) is 8.31. The van der Waals surface area contributed by atoms with Crippen molar-refractivity contribution in [2.45, 2.75) is 19.3 Å². The number of fused-ring (bicyclic) bond motifs is 1. The molecule has 0 spiro atoms. The molecule has 0 atom stereocenters. The Morgan fingerprint density at radius 2 is 2.00 bits per heavy atom. The molecular formula is C13H12N2O2. The number of nitrogens with one attached hydrogen (secondary N) is 1. The average molecular weight is 228 g/mol. The van der Waals surface area contributed by atoms with Gasteiger partial charge in [0, 0.05) is 6.07 Å². The van der Waals surface area contributed by atoms with E-state index >= 15 is 0 Å². The maximum Gasteiger partial charge on any atom is 0.267 e. The number of ether oxygens (including phenoxy) is 1. The summed E-state index contributed by atoms with van der Waals surface area (Å²) in [5, 5.41) is 6.00. The quantitative estimate of drug-likeness (QED) is 0.855. The third-order valence-corrected chi connectivity index (χ3v) is 2.95. The van der Waals surface area contributed by atoms with Crippen LogP contribution in [0, 0.1) is 0 Å². The molecule has 0 fully saturated rings. The zero-order chi connectivity index (χ0) is 11.7. The molecule has 3 rings (SSSR count). The molecule has 1 aromatic carbocycles. The van der Waals surface area contributed by atoms with Crippen LogP contribution in [0.2, 0.25) is 0 Å². The molecule has 86 valence electrons. The van der Waals surface area contributed by atoms with Gasteiger partial charge in [0.15, 0.2) is 5.75 Å². The lowest BCUT2D eigenvalue weighted by Crippen LogP contribution is -2.05. The van der Waals surface area contributed by atoms with Gasteiger partial charge in [-0.1, -0.05) is 6.07 Å². The fourth-order valence-electron chi connectivity index (χ4n) is 2.16. The van der Waals surface area contributed by atoms with Crippen molar-refractivity contribution in [2.75, 3.05) is 0 Å². The number of H-pyrrole nitrogens is 1. The second-order valence-electron chi connectivity index (χ2n) is 4.17. The van der Waals surface area contributed by atoms with Crippen LogP contribution in [0.3, 0.4) is 0 Å². The maximum atomic E-state index is 11.1. The first-order valence-corrected chi connectivity index (χ1v) is 5.66. The highest BCUT2D eigenvalue weighted by Crippen LogP contribution is 2.28. The van der Waals surface area contributed by atoms with Crippen LogP contribution in [-0.2, 0) is 12.8 Å². The third-order valence-electron chi connectivity index (χ3n) is 2.95. The molecule has 1 aromatic heterocycles. The molecule has 0 radical (unpaired) electrons. The first kappa shape index (κ1) is 10.1. The van der Waals surface area contributed by atoms with Gasteiger partial charge in [0.05, 0.1) is 6.20 Å². The van der Waals surface area contributed by atoms with E-state index in [4.69, 9.17) is 4.74 Å². The van der Waals surface area contributed by atoms with Gasteiger partial charge in [-0.05, 0) is 42.5 Å². The van der Waals surface area contributed by atoms with Crippen molar-refractivity contribution in [1.82, 2.24) is 10.2 Å². The molecule has 1 heterocycles. The topological polar surface area (TPSA) is 55.0 Å². The molecule has 1 N–H and O–H groups in total. The zero-order valence-electron chi connectivity index (χ0n) is 9.27. The molecule has 0 unspecified atom stereocenters. The van der Waals surface area contributed by atoms with E-state index in [1.54, 1.807) is 0 Å². The van der Waals surface area contributed by atoms with Gasteiger partial charge in [-0.25, -0.2) is 5.10 Å². The normalized spacial score (nSPS) is 13.4. The van der Waals surface area contributed by atoms with Crippen LogP contribution in [0.5, 0.6) is 11.5 Å². The lowest BCUT2D eigenvalue weighted by Gasteiger charge is -2.06. The van der Waals surface area contributed by atoms with E-state index in [0.717, 1.165) is 18.6 Å². The van der Waals surface area contributed by atoms with Crippen molar-refractivity contribution >= 4 is 0 Å². The van der Waals surface area contributed by atoms with Gasteiger partial charge >= 0.3 is 0 Å². The van der Waals surface area contributed by atoms with Crippen molar-refractivity contribution < 1.29 is 4.74 Å². The van der Waals surface area contributed by atoms with Crippen molar-refractivity contribution in [3.05, 3.63) is 51.9 Å². The molecule has 0 bridgehead atoms. The number of aromatic amines is 1. The van der Waals surface area contributed by atoms with Crippen LogP contribution in [0.25, 0.3) is 0 Å². The Hall–Kier alpha value is -2.10. The summed E-state index contributed by atoms with van der Waals surface area (Å²) in [7, 11) is 0. The Morgan fingerprint density at radius 3 is 2.88 bits per heavy atom. The second kappa shape index (κ2) is 4.05. The Bertz CT molecular complexity index is 604. The van der Waals surface area contributed by atoms with E-state index in [9.17, 15) is 4.79 Å². The van der Waals surface area contributed by atoms with Gasteiger partial charge in [-0.3, -0.25) is 4.79 Å². The van der Waals surface area contributed by atoms with Crippen LogP contribution in [0.4, 0.5) is 0 Å². The fourth-order valence-corrected chi connectivity index (χ4v) is 2.16. The number of benzene rings is 1. The maximum absolute atomic E-state index is 11.1. The summed E-state index contributed by atoms with van der Waals surface area (Å²) in [4.78, 5) is 11.1. The van der Waals surface area contributed by atoms with E-state index < -0.39 is 0 Å². The largest absolute Gasteiger partial charge is 0.455 e. The van der Waals surface area contributed by atoms with E-state index in [1.807, 2.05) is 12.1 Å². The Balaban J connectivity index is 1.88. The van der Waals surface area contributed by atoms with Crippen molar-refractivity contribution in [3.63, 3.8) is 0 Å². The van der Waals surface area contributed by atoms with E-state index in [-0.39, 0.29) is 5.56 Å². The molecule has 0 saturated carbocycles. The SMILES string of the molecule is O=c1cc(Oc2ccc3c(c2)CCC3)cn[nH]1. The lowest BCUT2D eigenvalue weighted by atomic mass is 10.1. The first-order valence-electron chi connectivity index (χ1n) is 5.66. The number of nitrogens with zero attached hydrogens (tertiary/aromatic N) is 1. The van der Waals surface area contributed by atoms with Crippen LogP contribution in [-0.4, -0.2) is 10.2 Å². The highest BCUT2D eigenvalue weighted by Gasteiger charge is 2.11. The van der Waals surface area contributed by atoms with Crippen molar-refractivity contribution in [3.8, 4) is 11.5 Å². The molecular weight excluding hydrogens is 216 g/mol. The molecule has 1 aliphatic rings. The summed E-state index contributed by atoms with van der Waals surface area (Å²) >= 11 is 0. The lowest BCUT2D eigenvalue weighted by molar-refractivity contribution is 0.477. The molecule has 4 nitrogen and oxygen atoms in total. The number of aryl methyl sites for hydroxylation is 2. The van der Waals surface area contributed by atoms with Crippen molar-refractivity contribution in [2.24, 2.45) is 0 Å². The average Bonchev–Trinajstić information content (AvgIpc) is 2.76. The zero-order valence-corrected chi connectivity index (χ0v) is 9.27. The molecule has 2 aromatic rings. The minimum atomic E-state index is -0.260. The van der Waals surface area contributed by atoms with E-state index in [0.29, 0.717) is 5.75 Å². The van der Waals surface area contributed by atoms with Gasteiger partial charge in [0.1, 0.15) is 5.75 Å².